The van der Waals surface area contributed by atoms with Crippen molar-refractivity contribution in [3.05, 3.63) is 30.0 Å². The van der Waals surface area contributed by atoms with Crippen molar-refractivity contribution in [2.75, 3.05) is 0 Å². The van der Waals surface area contributed by atoms with Gasteiger partial charge < -0.3 is 9.67 Å². The van der Waals surface area contributed by atoms with Crippen LogP contribution in [-0.4, -0.2) is 16.0 Å². The van der Waals surface area contributed by atoms with Crippen molar-refractivity contribution >= 4 is 17.2 Å². The molecule has 72 valence electrons. The molecule has 1 aromatic heterocycles. The van der Waals surface area contributed by atoms with Crippen molar-refractivity contribution in [2.45, 2.75) is 13.5 Å². The second-order valence-electron chi connectivity index (χ2n) is 3.17. The van der Waals surface area contributed by atoms with Crippen LogP contribution >= 0.6 is 0 Å². The van der Waals surface area contributed by atoms with Gasteiger partial charge in [0.1, 0.15) is 5.75 Å². The van der Waals surface area contributed by atoms with Crippen LogP contribution in [0.2, 0.25) is 0 Å². The average molecular weight is 189 g/mol. The van der Waals surface area contributed by atoms with Crippen LogP contribution in [0.4, 0.5) is 0 Å². The lowest BCUT2D eigenvalue weighted by Crippen LogP contribution is -1.98. The fraction of sp³-hybridized carbons (Fsp3) is 0.182. The topological polar surface area (TPSA) is 42.2 Å². The minimum atomic E-state index is 0.225. The molecule has 2 rings (SSSR count). The molecule has 1 heterocycles. The van der Waals surface area contributed by atoms with Crippen LogP contribution in [0.25, 0.3) is 10.9 Å². The van der Waals surface area contributed by atoms with E-state index in [-0.39, 0.29) is 5.75 Å². The minimum Gasteiger partial charge on any atom is -0.508 e. The number of nitrogens with zero attached hydrogens (tertiary/aromatic N) is 1. The lowest BCUT2D eigenvalue weighted by atomic mass is 10.2. The van der Waals surface area contributed by atoms with E-state index in [0.717, 1.165) is 23.7 Å². The van der Waals surface area contributed by atoms with E-state index in [4.69, 9.17) is 0 Å². The molecule has 2 aromatic rings. The normalized spacial score (nSPS) is 10.6. The summed E-state index contributed by atoms with van der Waals surface area (Å²) in [6, 6.07) is 6.93. The van der Waals surface area contributed by atoms with E-state index in [1.54, 1.807) is 12.1 Å². The van der Waals surface area contributed by atoms with Gasteiger partial charge in [-0.05, 0) is 25.1 Å². The Morgan fingerprint density at radius 2 is 2.21 bits per heavy atom. The Balaban J connectivity index is 2.81. The van der Waals surface area contributed by atoms with E-state index in [9.17, 15) is 9.90 Å². The molecule has 0 spiro atoms. The lowest BCUT2D eigenvalue weighted by molar-refractivity contribution is 0.111. The molecule has 0 aliphatic rings. The number of hydrogen-bond acceptors (Lipinski definition) is 2. The highest BCUT2D eigenvalue weighted by Gasteiger charge is 2.06. The van der Waals surface area contributed by atoms with E-state index >= 15 is 0 Å². The maximum atomic E-state index is 10.8. The zero-order valence-corrected chi connectivity index (χ0v) is 7.90. The van der Waals surface area contributed by atoms with Crippen LogP contribution in [0, 0.1) is 0 Å². The minimum absolute atomic E-state index is 0.225. The number of hydrogen-bond donors (Lipinski definition) is 1. The number of aromatic nitrogens is 1. The number of aromatic hydroxyl groups is 1. The SMILES string of the molecule is CCn1c(C=O)cc2ccc(O)cc21. The van der Waals surface area contributed by atoms with Crippen molar-refractivity contribution < 1.29 is 9.90 Å². The first kappa shape index (κ1) is 8.81. The Bertz CT molecular complexity index is 485. The Morgan fingerprint density at radius 3 is 2.86 bits per heavy atom. The molecule has 0 fully saturated rings. The molecule has 3 nitrogen and oxygen atoms in total. The van der Waals surface area contributed by atoms with Crippen molar-refractivity contribution in [1.82, 2.24) is 4.57 Å². The second kappa shape index (κ2) is 3.18. The maximum Gasteiger partial charge on any atom is 0.166 e. The van der Waals surface area contributed by atoms with Crippen LogP contribution in [0.3, 0.4) is 0 Å². The first-order chi connectivity index (χ1) is 6.76. The highest BCUT2D eigenvalue weighted by molar-refractivity contribution is 5.89. The molecule has 0 saturated carbocycles. The number of fused-ring (bicyclic) bond motifs is 1. The third-order valence-electron chi connectivity index (χ3n) is 2.36. The molecule has 14 heavy (non-hydrogen) atoms. The molecule has 0 unspecified atom stereocenters. The fourth-order valence-electron chi connectivity index (χ4n) is 1.71. The zero-order chi connectivity index (χ0) is 10.1. The third-order valence-corrected chi connectivity index (χ3v) is 2.36. The summed E-state index contributed by atoms with van der Waals surface area (Å²) in [6.07, 6.45) is 0.834. The monoisotopic (exact) mass is 189 g/mol. The van der Waals surface area contributed by atoms with E-state index in [1.165, 1.54) is 0 Å². The molecule has 0 amide bonds. The first-order valence-electron chi connectivity index (χ1n) is 4.53. The van der Waals surface area contributed by atoms with Gasteiger partial charge in [-0.15, -0.1) is 0 Å². The average Bonchev–Trinajstić information content (AvgIpc) is 2.54. The predicted molar refractivity (Wildman–Crippen MR) is 54.7 cm³/mol. The lowest BCUT2D eigenvalue weighted by Gasteiger charge is -2.02. The Hall–Kier alpha value is -1.77. The second-order valence-corrected chi connectivity index (χ2v) is 3.17. The molecule has 3 heteroatoms. The molecule has 1 N–H and O–H groups in total. The van der Waals surface area contributed by atoms with Gasteiger partial charge >= 0.3 is 0 Å². The van der Waals surface area contributed by atoms with Crippen LogP contribution < -0.4 is 0 Å². The summed E-state index contributed by atoms with van der Waals surface area (Å²) in [7, 11) is 0. The van der Waals surface area contributed by atoms with E-state index in [2.05, 4.69) is 0 Å². The molecule has 0 aliphatic carbocycles. The van der Waals surface area contributed by atoms with Gasteiger partial charge in [-0.25, -0.2) is 0 Å². The van der Waals surface area contributed by atoms with E-state index < -0.39 is 0 Å². The highest BCUT2D eigenvalue weighted by atomic mass is 16.3. The Kier molecular flexibility index (Phi) is 2.00. The maximum absolute atomic E-state index is 10.8. The zero-order valence-electron chi connectivity index (χ0n) is 7.90. The number of aryl methyl sites for hydroxylation is 1. The number of aldehydes is 1. The molecular formula is C11H11NO2. The van der Waals surface area contributed by atoms with Crippen LogP contribution in [0.5, 0.6) is 5.75 Å². The third kappa shape index (κ3) is 1.18. The number of benzene rings is 1. The number of carbonyl (C=O) groups excluding carboxylic acids is 1. The molecule has 0 radical (unpaired) electrons. The van der Waals surface area contributed by atoms with E-state index in [1.807, 2.05) is 23.6 Å². The summed E-state index contributed by atoms with van der Waals surface area (Å²) in [5.74, 6) is 0.225. The highest BCUT2D eigenvalue weighted by Crippen LogP contribution is 2.23. The quantitative estimate of drug-likeness (QED) is 0.736. The van der Waals surface area contributed by atoms with Crippen LogP contribution in [-0.2, 0) is 6.54 Å². The summed E-state index contributed by atoms with van der Waals surface area (Å²) in [5, 5.41) is 10.3. The van der Waals surface area contributed by atoms with E-state index in [0.29, 0.717) is 5.69 Å². The van der Waals surface area contributed by atoms with Gasteiger partial charge in [0.25, 0.3) is 0 Å². The summed E-state index contributed by atoms with van der Waals surface area (Å²) in [4.78, 5) is 10.8. The van der Waals surface area contributed by atoms with Crippen LogP contribution in [0.1, 0.15) is 17.4 Å². The van der Waals surface area contributed by atoms with Gasteiger partial charge in [-0.3, -0.25) is 4.79 Å². The molecule has 0 saturated heterocycles. The summed E-state index contributed by atoms with van der Waals surface area (Å²) >= 11 is 0. The van der Waals surface area contributed by atoms with Gasteiger partial charge in [-0.1, -0.05) is 0 Å². The van der Waals surface area contributed by atoms with Gasteiger partial charge in [0.15, 0.2) is 6.29 Å². The molecule has 0 atom stereocenters. The van der Waals surface area contributed by atoms with Gasteiger partial charge in [0, 0.05) is 18.0 Å². The number of rotatable bonds is 2. The van der Waals surface area contributed by atoms with Crippen molar-refractivity contribution in [3.8, 4) is 5.75 Å². The van der Waals surface area contributed by atoms with Crippen LogP contribution in [0.15, 0.2) is 24.3 Å². The predicted octanol–water partition coefficient (Wildman–Crippen LogP) is 2.18. The largest absolute Gasteiger partial charge is 0.508 e. The van der Waals surface area contributed by atoms with Crippen molar-refractivity contribution in [2.24, 2.45) is 0 Å². The smallest absolute Gasteiger partial charge is 0.166 e. The molecule has 0 bridgehead atoms. The van der Waals surface area contributed by atoms with Gasteiger partial charge in [0.05, 0.1) is 11.2 Å². The first-order valence-corrected chi connectivity index (χ1v) is 4.53. The van der Waals surface area contributed by atoms with Crippen molar-refractivity contribution in [3.63, 3.8) is 0 Å². The molecule has 1 aromatic carbocycles. The van der Waals surface area contributed by atoms with Gasteiger partial charge in [-0.2, -0.15) is 0 Å². The summed E-state index contributed by atoms with van der Waals surface area (Å²) < 4.78 is 1.88. The molecule has 0 aliphatic heterocycles. The van der Waals surface area contributed by atoms with Gasteiger partial charge in [0.2, 0.25) is 0 Å². The number of phenolic OH excluding ortho intramolecular Hbond substituents is 1. The molecular weight excluding hydrogens is 178 g/mol. The summed E-state index contributed by atoms with van der Waals surface area (Å²) in [5.41, 5.74) is 1.54. The standard InChI is InChI=1S/C11H11NO2/c1-2-12-9(7-13)5-8-3-4-10(14)6-11(8)12/h3-7,14H,2H2,1H3. The fourth-order valence-corrected chi connectivity index (χ4v) is 1.71. The Labute approximate surface area is 81.6 Å². The number of phenols is 1. The number of carbonyl (C=O) groups is 1. The summed E-state index contributed by atoms with van der Waals surface area (Å²) in [6.45, 7) is 2.69. The van der Waals surface area contributed by atoms with Crippen molar-refractivity contribution in [1.29, 1.82) is 0 Å². The Morgan fingerprint density at radius 1 is 1.43 bits per heavy atom.